The molecule has 0 saturated carbocycles. The summed E-state index contributed by atoms with van der Waals surface area (Å²) in [7, 11) is 0. The second-order valence-electron chi connectivity index (χ2n) is 9.10. The molecule has 5 rings (SSSR count). The topological polar surface area (TPSA) is 51.0 Å². The van der Waals surface area contributed by atoms with E-state index in [0.29, 0.717) is 12.3 Å². The van der Waals surface area contributed by atoms with Crippen LogP contribution in [0.1, 0.15) is 79.2 Å². The fourth-order valence-electron chi connectivity index (χ4n) is 5.41. The zero-order chi connectivity index (χ0) is 19.6. The summed E-state index contributed by atoms with van der Waals surface area (Å²) in [6.45, 7) is 2.71. The minimum Gasteiger partial charge on any atom is -0.342 e. The molecule has 0 radical (unpaired) electrons. The van der Waals surface area contributed by atoms with E-state index < -0.39 is 0 Å². The highest BCUT2D eigenvalue weighted by Gasteiger charge is 2.29. The minimum absolute atomic E-state index is 0.265. The summed E-state index contributed by atoms with van der Waals surface area (Å²) in [5.41, 5.74) is 4.12. The first-order chi connectivity index (χ1) is 14.3. The van der Waals surface area contributed by atoms with Crippen LogP contribution in [0.3, 0.4) is 0 Å². The third-order valence-corrected chi connectivity index (χ3v) is 7.05. The molecule has 1 aliphatic carbocycles. The number of hydrogen-bond donors (Lipinski definition) is 0. The summed E-state index contributed by atoms with van der Waals surface area (Å²) in [5, 5.41) is 9.04. The van der Waals surface area contributed by atoms with E-state index in [1.807, 2.05) is 0 Å². The van der Waals surface area contributed by atoms with E-state index in [2.05, 4.69) is 37.9 Å². The number of hydrogen-bond acceptors (Lipinski definition) is 3. The van der Waals surface area contributed by atoms with Gasteiger partial charge in [0.25, 0.3) is 0 Å². The second-order valence-corrected chi connectivity index (χ2v) is 9.10. The van der Waals surface area contributed by atoms with Gasteiger partial charge in [-0.3, -0.25) is 4.79 Å². The summed E-state index contributed by atoms with van der Waals surface area (Å²) in [6, 6.07) is 6.70. The molecule has 3 aliphatic rings. The first-order valence-electron chi connectivity index (χ1n) is 11.6. The van der Waals surface area contributed by atoms with E-state index in [4.69, 9.17) is 0 Å². The number of carbonyl (C=O) groups is 1. The van der Waals surface area contributed by atoms with Crippen LogP contribution < -0.4 is 0 Å². The van der Waals surface area contributed by atoms with Crippen LogP contribution in [0.2, 0.25) is 0 Å². The molecule has 0 bridgehead atoms. The highest BCUT2D eigenvalue weighted by Crippen LogP contribution is 2.29. The van der Waals surface area contributed by atoms with E-state index in [9.17, 15) is 4.79 Å². The number of aromatic nitrogens is 3. The number of benzene rings is 1. The molecule has 1 fully saturated rings. The molecule has 3 heterocycles. The van der Waals surface area contributed by atoms with Crippen molar-refractivity contribution in [3.63, 3.8) is 0 Å². The van der Waals surface area contributed by atoms with Gasteiger partial charge < -0.3 is 9.47 Å². The highest BCUT2D eigenvalue weighted by atomic mass is 16.2. The number of carbonyl (C=O) groups excluding carboxylic acids is 1. The maximum Gasteiger partial charge on any atom is 0.227 e. The molecule has 29 heavy (non-hydrogen) atoms. The smallest absolute Gasteiger partial charge is 0.227 e. The Bertz CT molecular complexity index is 887. The molecule has 1 aromatic heterocycles. The third kappa shape index (κ3) is 3.96. The predicted octanol–water partition coefficient (Wildman–Crippen LogP) is 3.83. The standard InChI is InChI=1S/C24H32N4O/c29-23(16-18-11-12-19-7-3-4-8-20(19)15-18)27-13-6-9-21(17-27)24-26-25-22-10-2-1-5-14-28(22)24/h11-12,15,21H,1-10,13-14,16-17H2. The van der Waals surface area contributed by atoms with Gasteiger partial charge in [-0.25, -0.2) is 0 Å². The zero-order valence-corrected chi connectivity index (χ0v) is 17.4. The summed E-state index contributed by atoms with van der Waals surface area (Å²) in [4.78, 5) is 15.2. The number of likely N-dealkylation sites (tertiary alicyclic amines) is 1. The Labute approximate surface area is 173 Å². The van der Waals surface area contributed by atoms with Crippen molar-refractivity contribution in [3.05, 3.63) is 46.5 Å². The average Bonchev–Trinajstić information content (AvgIpc) is 3.02. The van der Waals surface area contributed by atoms with Crippen LogP contribution in [0.5, 0.6) is 0 Å². The lowest BCUT2D eigenvalue weighted by atomic mass is 9.89. The molecule has 5 heteroatoms. The Hall–Kier alpha value is -2.17. The Morgan fingerprint density at radius 1 is 0.931 bits per heavy atom. The van der Waals surface area contributed by atoms with E-state index in [0.717, 1.165) is 50.5 Å². The number of piperidine rings is 1. The quantitative estimate of drug-likeness (QED) is 0.798. The van der Waals surface area contributed by atoms with Crippen molar-refractivity contribution in [1.82, 2.24) is 19.7 Å². The van der Waals surface area contributed by atoms with Gasteiger partial charge in [0, 0.05) is 32.0 Å². The molecule has 5 nitrogen and oxygen atoms in total. The molecule has 1 unspecified atom stereocenters. The lowest BCUT2D eigenvalue weighted by molar-refractivity contribution is -0.131. The van der Waals surface area contributed by atoms with Crippen molar-refractivity contribution in [3.8, 4) is 0 Å². The molecule has 2 aromatic rings. The van der Waals surface area contributed by atoms with E-state index >= 15 is 0 Å². The lowest BCUT2D eigenvalue weighted by Crippen LogP contribution is -2.40. The van der Waals surface area contributed by atoms with Crippen LogP contribution in [-0.2, 0) is 37.0 Å². The van der Waals surface area contributed by atoms with Crippen molar-refractivity contribution in [2.75, 3.05) is 13.1 Å². The summed E-state index contributed by atoms with van der Waals surface area (Å²) in [6.07, 6.45) is 12.4. The summed E-state index contributed by atoms with van der Waals surface area (Å²) >= 11 is 0. The Morgan fingerprint density at radius 3 is 2.72 bits per heavy atom. The van der Waals surface area contributed by atoms with Gasteiger partial charge in [-0.05, 0) is 68.1 Å². The van der Waals surface area contributed by atoms with Crippen molar-refractivity contribution < 1.29 is 4.79 Å². The molecule has 0 spiro atoms. The van der Waals surface area contributed by atoms with Crippen LogP contribution in [0.4, 0.5) is 0 Å². The molecule has 2 aliphatic heterocycles. The van der Waals surface area contributed by atoms with Crippen LogP contribution >= 0.6 is 0 Å². The first-order valence-corrected chi connectivity index (χ1v) is 11.6. The number of fused-ring (bicyclic) bond motifs is 2. The van der Waals surface area contributed by atoms with E-state index in [-0.39, 0.29) is 5.91 Å². The number of amides is 1. The third-order valence-electron chi connectivity index (χ3n) is 7.05. The number of aryl methyl sites for hydroxylation is 3. The summed E-state index contributed by atoms with van der Waals surface area (Å²) in [5.74, 6) is 2.86. The van der Waals surface area contributed by atoms with Crippen LogP contribution in [0.25, 0.3) is 0 Å². The van der Waals surface area contributed by atoms with Crippen molar-refractivity contribution in [2.24, 2.45) is 0 Å². The fraction of sp³-hybridized carbons (Fsp3) is 0.625. The van der Waals surface area contributed by atoms with Crippen LogP contribution in [0, 0.1) is 0 Å². The Kier molecular flexibility index (Phi) is 5.38. The van der Waals surface area contributed by atoms with Gasteiger partial charge in [-0.1, -0.05) is 24.6 Å². The average molecular weight is 393 g/mol. The van der Waals surface area contributed by atoms with Gasteiger partial charge in [-0.2, -0.15) is 0 Å². The monoisotopic (exact) mass is 392 g/mol. The molecule has 1 aromatic carbocycles. The van der Waals surface area contributed by atoms with Gasteiger partial charge in [0.05, 0.1) is 6.42 Å². The van der Waals surface area contributed by atoms with Crippen molar-refractivity contribution in [2.45, 2.75) is 83.1 Å². The largest absolute Gasteiger partial charge is 0.342 e. The molecule has 1 saturated heterocycles. The molecule has 1 atom stereocenters. The summed E-state index contributed by atoms with van der Waals surface area (Å²) < 4.78 is 2.36. The molecule has 1 amide bonds. The lowest BCUT2D eigenvalue weighted by Gasteiger charge is -2.32. The van der Waals surface area contributed by atoms with Gasteiger partial charge >= 0.3 is 0 Å². The second kappa shape index (κ2) is 8.29. The van der Waals surface area contributed by atoms with E-state index in [1.54, 1.807) is 0 Å². The molecular weight excluding hydrogens is 360 g/mol. The van der Waals surface area contributed by atoms with Gasteiger partial charge in [0.2, 0.25) is 5.91 Å². The van der Waals surface area contributed by atoms with Gasteiger partial charge in [0.1, 0.15) is 11.6 Å². The van der Waals surface area contributed by atoms with Gasteiger partial charge in [0.15, 0.2) is 0 Å². The Balaban J connectivity index is 1.27. The van der Waals surface area contributed by atoms with Crippen LogP contribution in [0.15, 0.2) is 18.2 Å². The normalized spacial score (nSPS) is 21.9. The SMILES string of the molecule is O=C(Cc1ccc2c(c1)CCCC2)N1CCCC(c2nnc3n2CCCCC3)C1. The van der Waals surface area contributed by atoms with Crippen molar-refractivity contribution >= 4 is 5.91 Å². The molecule has 154 valence electrons. The van der Waals surface area contributed by atoms with Gasteiger partial charge in [-0.15, -0.1) is 10.2 Å². The number of rotatable bonds is 3. The molecular formula is C24H32N4O. The fourth-order valence-corrected chi connectivity index (χ4v) is 5.41. The minimum atomic E-state index is 0.265. The van der Waals surface area contributed by atoms with Crippen molar-refractivity contribution in [1.29, 1.82) is 0 Å². The Morgan fingerprint density at radius 2 is 1.79 bits per heavy atom. The predicted molar refractivity (Wildman–Crippen MR) is 113 cm³/mol. The maximum absolute atomic E-state index is 13.1. The first kappa shape index (κ1) is 18.8. The number of nitrogens with zero attached hydrogens (tertiary/aromatic N) is 4. The zero-order valence-electron chi connectivity index (χ0n) is 17.4. The molecule has 0 N–H and O–H groups in total. The maximum atomic E-state index is 13.1. The highest BCUT2D eigenvalue weighted by molar-refractivity contribution is 5.79. The van der Waals surface area contributed by atoms with E-state index in [1.165, 1.54) is 61.6 Å². The van der Waals surface area contributed by atoms with Crippen LogP contribution in [-0.4, -0.2) is 38.7 Å².